The van der Waals surface area contributed by atoms with Crippen LogP contribution in [0.3, 0.4) is 0 Å². The average molecular weight is 376 g/mol. The Balaban J connectivity index is 2.08. The molecule has 2 aromatic carbocycles. The van der Waals surface area contributed by atoms with E-state index in [2.05, 4.69) is 0 Å². The van der Waals surface area contributed by atoms with Gasteiger partial charge in [0.25, 0.3) is 10.0 Å². The number of amides is 2. The molecule has 136 valence electrons. The van der Waals surface area contributed by atoms with Crippen LogP contribution in [-0.4, -0.2) is 38.7 Å². The molecule has 0 saturated carbocycles. The Kier molecular flexibility index (Phi) is 4.33. The molecule has 0 saturated heterocycles. The quantitative estimate of drug-likeness (QED) is 0.878. The molecular weight excluding hydrogens is 360 g/mol. The number of para-hydroxylation sites is 1. The molecule has 9 heteroatoms. The maximum Gasteiger partial charge on any atom is 0.344 e. The van der Waals surface area contributed by atoms with E-state index in [1.54, 1.807) is 18.2 Å². The highest BCUT2D eigenvalue weighted by Gasteiger charge is 2.41. The number of benzene rings is 2. The van der Waals surface area contributed by atoms with Crippen LogP contribution in [0, 0.1) is 0 Å². The molecule has 1 aliphatic rings. The number of hydrogen-bond acceptors (Lipinski definition) is 5. The maximum atomic E-state index is 12.9. The number of rotatable bonds is 4. The van der Waals surface area contributed by atoms with Gasteiger partial charge >= 0.3 is 12.0 Å². The van der Waals surface area contributed by atoms with E-state index >= 15 is 0 Å². The summed E-state index contributed by atoms with van der Waals surface area (Å²) in [5.41, 5.74) is 0.354. The van der Waals surface area contributed by atoms with Crippen molar-refractivity contribution in [2.24, 2.45) is 0 Å². The predicted molar refractivity (Wildman–Crippen MR) is 94.1 cm³/mol. The summed E-state index contributed by atoms with van der Waals surface area (Å²) in [4.78, 5) is 24.7. The van der Waals surface area contributed by atoms with Crippen LogP contribution in [0.2, 0.25) is 0 Å². The van der Waals surface area contributed by atoms with E-state index in [4.69, 9.17) is 9.84 Å². The molecule has 0 aromatic heterocycles. The molecule has 2 aromatic rings. The van der Waals surface area contributed by atoms with Crippen LogP contribution in [0.4, 0.5) is 16.2 Å². The molecule has 0 bridgehead atoms. The third-order valence-corrected chi connectivity index (χ3v) is 5.67. The second-order valence-corrected chi connectivity index (χ2v) is 7.43. The van der Waals surface area contributed by atoms with E-state index in [0.29, 0.717) is 0 Å². The highest BCUT2D eigenvalue weighted by molar-refractivity contribution is 7.94. The van der Waals surface area contributed by atoms with Crippen LogP contribution in [0.25, 0.3) is 0 Å². The number of carboxylic acid groups (broad SMARTS) is 1. The standard InChI is InChI=1S/C17H16N2O6S/c1-11(16(20)21)25-13-8-9-15-14(10-13)18(2)17(22)19(26(15,23)24)12-6-4-3-5-7-12/h3-11H,1-2H3,(H,20,21). The summed E-state index contributed by atoms with van der Waals surface area (Å²) in [5, 5.41) is 8.93. The van der Waals surface area contributed by atoms with Crippen LogP contribution in [-0.2, 0) is 14.8 Å². The number of carbonyl (C=O) groups excluding carboxylic acids is 1. The van der Waals surface area contributed by atoms with Gasteiger partial charge in [0.2, 0.25) is 0 Å². The SMILES string of the molecule is CC(Oc1ccc2c(c1)N(C)C(=O)N(c1ccccc1)S2(=O)=O)C(=O)O. The number of fused-ring (bicyclic) bond motifs is 1. The lowest BCUT2D eigenvalue weighted by molar-refractivity contribution is -0.144. The third-order valence-electron chi connectivity index (χ3n) is 3.92. The van der Waals surface area contributed by atoms with E-state index in [-0.39, 0.29) is 22.0 Å². The summed E-state index contributed by atoms with van der Waals surface area (Å²) in [7, 11) is -2.67. The van der Waals surface area contributed by atoms with Crippen LogP contribution in [0.15, 0.2) is 53.4 Å². The Morgan fingerprint density at radius 1 is 1.15 bits per heavy atom. The minimum absolute atomic E-state index is 0.0706. The highest BCUT2D eigenvalue weighted by Crippen LogP contribution is 2.38. The average Bonchev–Trinajstić information content (AvgIpc) is 2.60. The van der Waals surface area contributed by atoms with Gasteiger partial charge in [-0.15, -0.1) is 0 Å². The van der Waals surface area contributed by atoms with Gasteiger partial charge in [0.05, 0.1) is 11.4 Å². The van der Waals surface area contributed by atoms with Gasteiger partial charge in [-0.1, -0.05) is 18.2 Å². The van der Waals surface area contributed by atoms with Gasteiger partial charge in [-0.05, 0) is 31.2 Å². The summed E-state index contributed by atoms with van der Waals surface area (Å²) in [6.07, 6.45) is -1.12. The topological polar surface area (TPSA) is 104 Å². The first-order chi connectivity index (χ1) is 12.2. The molecule has 1 aliphatic heterocycles. The Morgan fingerprint density at radius 2 is 1.81 bits per heavy atom. The predicted octanol–water partition coefficient (Wildman–Crippen LogP) is 2.30. The number of urea groups is 1. The largest absolute Gasteiger partial charge is 0.479 e. The van der Waals surface area contributed by atoms with Gasteiger partial charge in [0.15, 0.2) is 6.10 Å². The Hall–Kier alpha value is -3.07. The van der Waals surface area contributed by atoms with Gasteiger partial charge in [-0.2, -0.15) is 4.31 Å². The van der Waals surface area contributed by atoms with E-state index in [1.807, 2.05) is 0 Å². The maximum absolute atomic E-state index is 12.9. The molecule has 3 rings (SSSR count). The smallest absolute Gasteiger partial charge is 0.344 e. The molecule has 1 N–H and O–H groups in total. The molecule has 1 atom stereocenters. The molecule has 26 heavy (non-hydrogen) atoms. The van der Waals surface area contributed by atoms with Crippen molar-refractivity contribution < 1.29 is 27.9 Å². The molecule has 1 heterocycles. The van der Waals surface area contributed by atoms with Crippen LogP contribution in [0.5, 0.6) is 5.75 Å². The van der Waals surface area contributed by atoms with Gasteiger partial charge in [0.1, 0.15) is 10.6 Å². The lowest BCUT2D eigenvalue weighted by Crippen LogP contribution is -2.49. The summed E-state index contributed by atoms with van der Waals surface area (Å²) >= 11 is 0. The Labute approximate surface area is 150 Å². The lowest BCUT2D eigenvalue weighted by atomic mass is 10.2. The number of ether oxygens (including phenoxy) is 1. The lowest BCUT2D eigenvalue weighted by Gasteiger charge is -2.34. The molecule has 2 amide bonds. The van der Waals surface area contributed by atoms with Crippen LogP contribution < -0.4 is 13.9 Å². The third kappa shape index (κ3) is 2.86. The summed E-state index contributed by atoms with van der Waals surface area (Å²) in [5.74, 6) is -1.00. The van der Waals surface area contributed by atoms with E-state index in [9.17, 15) is 18.0 Å². The zero-order chi connectivity index (χ0) is 19.1. The Morgan fingerprint density at radius 3 is 2.42 bits per heavy atom. The van der Waals surface area contributed by atoms with Crippen LogP contribution >= 0.6 is 0 Å². The van der Waals surface area contributed by atoms with E-state index in [0.717, 1.165) is 4.31 Å². The van der Waals surface area contributed by atoms with Gasteiger partial charge < -0.3 is 9.84 Å². The zero-order valence-corrected chi connectivity index (χ0v) is 14.8. The monoisotopic (exact) mass is 376 g/mol. The first-order valence-corrected chi connectivity index (χ1v) is 9.09. The molecule has 1 unspecified atom stereocenters. The number of hydrogen-bond donors (Lipinski definition) is 1. The molecule has 0 fully saturated rings. The number of aliphatic carboxylic acids is 1. The summed E-state index contributed by atoms with van der Waals surface area (Å²) < 4.78 is 31.9. The van der Waals surface area contributed by atoms with Crippen molar-refractivity contribution in [3.63, 3.8) is 0 Å². The van der Waals surface area contributed by atoms with Crippen molar-refractivity contribution in [1.29, 1.82) is 0 Å². The first kappa shape index (κ1) is 17.7. The molecule has 0 radical (unpaired) electrons. The number of nitrogens with zero attached hydrogens (tertiary/aromatic N) is 2. The van der Waals surface area contributed by atoms with Crippen LogP contribution in [0.1, 0.15) is 6.92 Å². The number of carbonyl (C=O) groups is 2. The fraction of sp³-hybridized carbons (Fsp3) is 0.176. The van der Waals surface area contributed by atoms with Crippen molar-refractivity contribution in [3.8, 4) is 5.75 Å². The Bertz CT molecular complexity index is 974. The minimum Gasteiger partial charge on any atom is -0.479 e. The van der Waals surface area contributed by atoms with Gasteiger partial charge in [0, 0.05) is 13.1 Å². The van der Waals surface area contributed by atoms with E-state index in [1.165, 1.54) is 49.2 Å². The highest BCUT2D eigenvalue weighted by atomic mass is 32.2. The normalized spacial score (nSPS) is 16.8. The van der Waals surface area contributed by atoms with Crippen molar-refractivity contribution in [2.45, 2.75) is 17.9 Å². The second kappa shape index (κ2) is 6.34. The van der Waals surface area contributed by atoms with Crippen molar-refractivity contribution in [2.75, 3.05) is 16.3 Å². The van der Waals surface area contributed by atoms with Gasteiger partial charge in [-0.25, -0.2) is 18.0 Å². The fourth-order valence-electron chi connectivity index (χ4n) is 2.56. The molecule has 8 nitrogen and oxygen atoms in total. The second-order valence-electron chi connectivity index (χ2n) is 5.67. The minimum atomic E-state index is -4.11. The number of carboxylic acids is 1. The fourth-order valence-corrected chi connectivity index (χ4v) is 4.18. The first-order valence-electron chi connectivity index (χ1n) is 7.65. The van der Waals surface area contributed by atoms with Gasteiger partial charge in [-0.3, -0.25) is 4.90 Å². The summed E-state index contributed by atoms with van der Waals surface area (Å²) in [6.45, 7) is 1.35. The van der Waals surface area contributed by atoms with Crippen molar-refractivity contribution in [1.82, 2.24) is 0 Å². The molecule has 0 aliphatic carbocycles. The molecular formula is C17H16N2O6S. The van der Waals surface area contributed by atoms with E-state index < -0.39 is 28.1 Å². The zero-order valence-electron chi connectivity index (χ0n) is 14.0. The van der Waals surface area contributed by atoms with Crippen molar-refractivity contribution >= 4 is 33.4 Å². The number of sulfonamides is 1. The van der Waals surface area contributed by atoms with Crippen molar-refractivity contribution in [3.05, 3.63) is 48.5 Å². The number of anilines is 2. The summed E-state index contributed by atoms with van der Waals surface area (Å²) in [6, 6.07) is 11.3. The molecule has 0 spiro atoms.